The molecule has 0 aromatic heterocycles. The number of halogens is 1. The fourth-order valence-corrected chi connectivity index (χ4v) is 4.45. The smallest absolute Gasteiger partial charge is 0.223 e. The van der Waals surface area contributed by atoms with E-state index in [-0.39, 0.29) is 17.6 Å². The van der Waals surface area contributed by atoms with Gasteiger partial charge >= 0.3 is 0 Å². The second-order valence-corrected chi connectivity index (χ2v) is 8.74. The summed E-state index contributed by atoms with van der Waals surface area (Å²) in [5.74, 6) is 0.810. The van der Waals surface area contributed by atoms with Gasteiger partial charge in [0.2, 0.25) is 5.91 Å². The Bertz CT molecular complexity index is 1130. The van der Waals surface area contributed by atoms with Gasteiger partial charge in [-0.1, -0.05) is 42.5 Å². The number of carbonyl (C=O) groups excluding carboxylic acids is 1. The number of nitrogens with one attached hydrogen (secondary N) is 1. The van der Waals surface area contributed by atoms with Gasteiger partial charge in [-0.15, -0.1) is 0 Å². The first kappa shape index (κ1) is 24.5. The predicted octanol–water partition coefficient (Wildman–Crippen LogP) is 4.41. The number of nitrogen functional groups attached to an aromatic ring is 1. The largest absolute Gasteiger partial charge is 0.497 e. The molecule has 1 aliphatic rings. The van der Waals surface area contributed by atoms with Gasteiger partial charge in [0.05, 0.1) is 18.8 Å². The maximum Gasteiger partial charge on any atom is 0.223 e. The van der Waals surface area contributed by atoms with Crippen molar-refractivity contribution in [1.82, 2.24) is 10.2 Å². The Morgan fingerprint density at radius 1 is 1.09 bits per heavy atom. The minimum atomic E-state index is -0.596. The molecule has 3 aromatic carbocycles. The number of amides is 1. The van der Waals surface area contributed by atoms with Crippen LogP contribution in [0.25, 0.3) is 0 Å². The highest BCUT2D eigenvalue weighted by Crippen LogP contribution is 2.28. The van der Waals surface area contributed by atoms with Gasteiger partial charge in [0.25, 0.3) is 0 Å². The fourth-order valence-electron chi connectivity index (χ4n) is 4.45. The van der Waals surface area contributed by atoms with E-state index in [1.807, 2.05) is 48.5 Å². The zero-order valence-corrected chi connectivity index (χ0v) is 20.0. The molecule has 1 fully saturated rings. The summed E-state index contributed by atoms with van der Waals surface area (Å²) in [4.78, 5) is 15.5. The van der Waals surface area contributed by atoms with Crippen LogP contribution in [0.3, 0.4) is 0 Å². The molecule has 0 radical (unpaired) electrons. The molecule has 1 heterocycles. The Morgan fingerprint density at radius 2 is 1.83 bits per heavy atom. The van der Waals surface area contributed by atoms with Crippen molar-refractivity contribution >= 4 is 11.6 Å². The second-order valence-electron chi connectivity index (χ2n) is 8.74. The van der Waals surface area contributed by atoms with Crippen molar-refractivity contribution in [3.8, 4) is 11.5 Å². The lowest BCUT2D eigenvalue weighted by Crippen LogP contribution is -2.43. The number of likely N-dealkylation sites (tertiary alicyclic amines) is 1. The molecule has 0 aliphatic carbocycles. The van der Waals surface area contributed by atoms with Crippen LogP contribution in [0.15, 0.2) is 72.8 Å². The number of hydrogen-bond acceptors (Lipinski definition) is 5. The number of ether oxygens (including phenoxy) is 2. The molecule has 3 N–H and O–H groups in total. The van der Waals surface area contributed by atoms with Gasteiger partial charge < -0.3 is 20.5 Å². The molecule has 6 nitrogen and oxygen atoms in total. The number of hydrogen-bond donors (Lipinski definition) is 2. The summed E-state index contributed by atoms with van der Waals surface area (Å²) in [6, 6.07) is 20.8. The summed E-state index contributed by atoms with van der Waals surface area (Å²) in [6.07, 6.45) is 1.48. The quantitative estimate of drug-likeness (QED) is 0.447. The van der Waals surface area contributed by atoms with Crippen molar-refractivity contribution in [1.29, 1.82) is 0 Å². The van der Waals surface area contributed by atoms with Crippen molar-refractivity contribution in [2.24, 2.45) is 5.92 Å². The van der Waals surface area contributed by atoms with E-state index in [1.54, 1.807) is 25.3 Å². The molecule has 1 atom stereocenters. The molecule has 7 heteroatoms. The minimum absolute atomic E-state index is 0.0611. The second kappa shape index (κ2) is 11.7. The van der Waals surface area contributed by atoms with Gasteiger partial charge in [-0.25, -0.2) is 4.39 Å². The van der Waals surface area contributed by atoms with E-state index in [4.69, 9.17) is 15.2 Å². The Hall–Kier alpha value is -3.58. The molecule has 0 bridgehead atoms. The fraction of sp³-hybridized carbons (Fsp3) is 0.321. The molecule has 1 aliphatic heterocycles. The third-order valence-electron chi connectivity index (χ3n) is 6.47. The number of methoxy groups -OCH3 is 1. The van der Waals surface area contributed by atoms with Gasteiger partial charge in [-0.05, 0) is 61.8 Å². The average molecular weight is 478 g/mol. The first-order valence-electron chi connectivity index (χ1n) is 11.9. The topological polar surface area (TPSA) is 76.8 Å². The average Bonchev–Trinajstić information content (AvgIpc) is 2.89. The Kier molecular flexibility index (Phi) is 8.21. The van der Waals surface area contributed by atoms with Gasteiger partial charge in [0.15, 0.2) is 0 Å². The molecule has 3 aromatic rings. The van der Waals surface area contributed by atoms with Gasteiger partial charge in [-0.2, -0.15) is 0 Å². The summed E-state index contributed by atoms with van der Waals surface area (Å²) < 4.78 is 25.9. The zero-order chi connectivity index (χ0) is 24.6. The van der Waals surface area contributed by atoms with Crippen molar-refractivity contribution in [3.63, 3.8) is 0 Å². The van der Waals surface area contributed by atoms with E-state index in [0.717, 1.165) is 38.0 Å². The van der Waals surface area contributed by atoms with E-state index >= 15 is 0 Å². The van der Waals surface area contributed by atoms with E-state index in [2.05, 4.69) is 10.2 Å². The van der Waals surface area contributed by atoms with Crippen LogP contribution in [0.5, 0.6) is 11.5 Å². The zero-order valence-electron chi connectivity index (χ0n) is 20.0. The Labute approximate surface area is 205 Å². The monoisotopic (exact) mass is 477 g/mol. The summed E-state index contributed by atoms with van der Waals surface area (Å²) in [6.45, 7) is 2.91. The summed E-state index contributed by atoms with van der Waals surface area (Å²) in [5.41, 5.74) is 7.76. The molecule has 1 saturated heterocycles. The van der Waals surface area contributed by atoms with Crippen LogP contribution in [-0.4, -0.2) is 44.2 Å². The molecule has 1 amide bonds. The molecule has 184 valence electrons. The van der Waals surface area contributed by atoms with Crippen LogP contribution in [0.4, 0.5) is 10.1 Å². The van der Waals surface area contributed by atoms with E-state index < -0.39 is 6.04 Å². The lowest BCUT2D eigenvalue weighted by Gasteiger charge is -2.32. The maximum absolute atomic E-state index is 14.7. The number of nitrogens with zero attached hydrogens (tertiary/aromatic N) is 1. The van der Waals surface area contributed by atoms with E-state index in [0.29, 0.717) is 29.4 Å². The molecule has 1 unspecified atom stereocenters. The molecular formula is C28H32FN3O3. The van der Waals surface area contributed by atoms with Crippen molar-refractivity contribution in [2.45, 2.75) is 18.9 Å². The first-order valence-corrected chi connectivity index (χ1v) is 11.9. The van der Waals surface area contributed by atoms with Crippen LogP contribution < -0.4 is 20.5 Å². The van der Waals surface area contributed by atoms with Gasteiger partial charge in [-0.3, -0.25) is 9.69 Å². The van der Waals surface area contributed by atoms with Crippen LogP contribution in [-0.2, 0) is 4.79 Å². The number of para-hydroxylation sites is 2. The summed E-state index contributed by atoms with van der Waals surface area (Å²) >= 11 is 0. The number of carbonyl (C=O) groups is 1. The van der Waals surface area contributed by atoms with E-state index in [1.165, 1.54) is 6.07 Å². The minimum Gasteiger partial charge on any atom is -0.497 e. The predicted molar refractivity (Wildman–Crippen MR) is 135 cm³/mol. The lowest BCUT2D eigenvalue weighted by molar-refractivity contribution is -0.127. The van der Waals surface area contributed by atoms with Crippen LogP contribution in [0.2, 0.25) is 0 Å². The molecule has 0 saturated carbocycles. The van der Waals surface area contributed by atoms with Crippen LogP contribution in [0.1, 0.15) is 30.0 Å². The standard InChI is InChI=1S/C28H32FN3O3/c1-34-22-8-6-7-21(19-22)27(23-9-2-3-10-24(23)29)31-28(33)20-13-15-32(16-14-20)17-18-35-26-12-5-4-11-25(26)30/h2-12,19-20,27H,13-18,30H2,1H3,(H,31,33). The lowest BCUT2D eigenvalue weighted by atomic mass is 9.93. The van der Waals surface area contributed by atoms with Gasteiger partial charge in [0.1, 0.15) is 23.9 Å². The number of anilines is 1. The molecule has 4 rings (SSSR count). The van der Waals surface area contributed by atoms with Crippen LogP contribution >= 0.6 is 0 Å². The number of piperidine rings is 1. The molecule has 35 heavy (non-hydrogen) atoms. The Morgan fingerprint density at radius 3 is 2.57 bits per heavy atom. The first-order chi connectivity index (χ1) is 17.0. The van der Waals surface area contributed by atoms with Crippen molar-refractivity contribution in [2.75, 3.05) is 39.1 Å². The highest BCUT2D eigenvalue weighted by atomic mass is 19.1. The Balaban J connectivity index is 1.35. The third kappa shape index (κ3) is 6.31. The van der Waals surface area contributed by atoms with Crippen LogP contribution in [0, 0.1) is 11.7 Å². The normalized spacial score (nSPS) is 15.4. The molecular weight excluding hydrogens is 445 g/mol. The van der Waals surface area contributed by atoms with Crippen molar-refractivity contribution in [3.05, 3.63) is 89.7 Å². The third-order valence-corrected chi connectivity index (χ3v) is 6.47. The number of benzene rings is 3. The van der Waals surface area contributed by atoms with E-state index in [9.17, 15) is 9.18 Å². The summed E-state index contributed by atoms with van der Waals surface area (Å²) in [5, 5.41) is 3.11. The highest BCUT2D eigenvalue weighted by molar-refractivity contribution is 5.79. The summed E-state index contributed by atoms with van der Waals surface area (Å²) in [7, 11) is 1.59. The van der Waals surface area contributed by atoms with Gasteiger partial charge in [0, 0.05) is 18.0 Å². The highest BCUT2D eigenvalue weighted by Gasteiger charge is 2.28. The maximum atomic E-state index is 14.7. The number of nitrogens with two attached hydrogens (primary N) is 1. The molecule has 0 spiro atoms. The SMILES string of the molecule is COc1cccc(C(NC(=O)C2CCN(CCOc3ccccc3N)CC2)c2ccccc2F)c1. The number of rotatable bonds is 9. The van der Waals surface area contributed by atoms with Crippen molar-refractivity contribution < 1.29 is 18.7 Å².